The molecule has 0 bridgehead atoms. The van der Waals surface area contributed by atoms with Crippen molar-refractivity contribution >= 4 is 33.5 Å². The molecule has 138 valence electrons. The molecule has 3 rings (SSSR count). The molecule has 1 atom stereocenters. The number of ether oxygens (including phenoxy) is 1. The Balaban J connectivity index is 1.60. The van der Waals surface area contributed by atoms with Gasteiger partial charge in [0.05, 0.1) is 0 Å². The molecule has 1 fully saturated rings. The van der Waals surface area contributed by atoms with E-state index in [-0.39, 0.29) is 12.5 Å². The summed E-state index contributed by atoms with van der Waals surface area (Å²) in [6.07, 6.45) is 2.38. The van der Waals surface area contributed by atoms with E-state index in [1.54, 1.807) is 6.07 Å². The molecule has 1 saturated heterocycles. The summed E-state index contributed by atoms with van der Waals surface area (Å²) in [5, 5.41) is 2.80. The topological polar surface area (TPSA) is 67.3 Å². The standard InChI is InChI=1S/C19H23BrN4O2/c1-13-4-3-9-24(11-13)19-21-14(2)10-18(23-19)26-12-17(25)22-16-7-5-15(20)6-8-16/h5-8,10,13H,3-4,9,11-12H2,1-2H3,(H,22,25)/t13-/m1/s1. The molecule has 0 saturated carbocycles. The zero-order valence-electron chi connectivity index (χ0n) is 15.0. The van der Waals surface area contributed by atoms with E-state index in [1.165, 1.54) is 6.42 Å². The van der Waals surface area contributed by atoms with Gasteiger partial charge in [-0.2, -0.15) is 4.98 Å². The van der Waals surface area contributed by atoms with E-state index in [0.717, 1.165) is 35.4 Å². The number of rotatable bonds is 5. The molecule has 6 nitrogen and oxygen atoms in total. The van der Waals surface area contributed by atoms with Gasteiger partial charge in [-0.1, -0.05) is 22.9 Å². The summed E-state index contributed by atoms with van der Waals surface area (Å²) in [6.45, 7) is 5.96. The summed E-state index contributed by atoms with van der Waals surface area (Å²) < 4.78 is 6.56. The predicted molar refractivity (Wildman–Crippen MR) is 106 cm³/mol. The van der Waals surface area contributed by atoms with Crippen LogP contribution in [0.15, 0.2) is 34.8 Å². The normalized spacial score (nSPS) is 17.0. The first-order valence-electron chi connectivity index (χ1n) is 8.78. The van der Waals surface area contributed by atoms with Crippen LogP contribution in [0, 0.1) is 12.8 Å². The third-order valence-electron chi connectivity index (χ3n) is 4.24. The number of aryl methyl sites for hydroxylation is 1. The first-order chi connectivity index (χ1) is 12.5. The summed E-state index contributed by atoms with van der Waals surface area (Å²) in [5.41, 5.74) is 1.56. The smallest absolute Gasteiger partial charge is 0.262 e. The zero-order chi connectivity index (χ0) is 18.5. The number of carbonyl (C=O) groups excluding carboxylic acids is 1. The quantitative estimate of drug-likeness (QED) is 0.799. The molecule has 0 spiro atoms. The molecule has 0 radical (unpaired) electrons. The lowest BCUT2D eigenvalue weighted by atomic mass is 10.0. The van der Waals surface area contributed by atoms with Crippen LogP contribution in [0.3, 0.4) is 0 Å². The van der Waals surface area contributed by atoms with Crippen molar-refractivity contribution in [2.45, 2.75) is 26.7 Å². The van der Waals surface area contributed by atoms with Gasteiger partial charge < -0.3 is 15.0 Å². The van der Waals surface area contributed by atoms with Crippen LogP contribution in [-0.2, 0) is 4.79 Å². The zero-order valence-corrected chi connectivity index (χ0v) is 16.6. The Morgan fingerprint density at radius 3 is 2.85 bits per heavy atom. The van der Waals surface area contributed by atoms with Gasteiger partial charge in [-0.15, -0.1) is 0 Å². The lowest BCUT2D eigenvalue weighted by Crippen LogP contribution is -2.35. The molecular weight excluding hydrogens is 396 g/mol. The van der Waals surface area contributed by atoms with Crippen LogP contribution in [0.5, 0.6) is 5.88 Å². The van der Waals surface area contributed by atoms with Crippen molar-refractivity contribution in [2.75, 3.05) is 29.9 Å². The monoisotopic (exact) mass is 418 g/mol. The molecule has 1 aromatic heterocycles. The maximum atomic E-state index is 12.1. The first-order valence-corrected chi connectivity index (χ1v) is 9.58. The maximum absolute atomic E-state index is 12.1. The van der Waals surface area contributed by atoms with Gasteiger partial charge in [0.15, 0.2) is 6.61 Å². The highest BCUT2D eigenvalue weighted by atomic mass is 79.9. The van der Waals surface area contributed by atoms with Gasteiger partial charge in [-0.05, 0) is 49.9 Å². The van der Waals surface area contributed by atoms with Gasteiger partial charge in [0.2, 0.25) is 11.8 Å². The van der Waals surface area contributed by atoms with Crippen LogP contribution in [0.25, 0.3) is 0 Å². The molecule has 1 N–H and O–H groups in total. The van der Waals surface area contributed by atoms with Crippen LogP contribution < -0.4 is 15.0 Å². The van der Waals surface area contributed by atoms with E-state index in [1.807, 2.05) is 31.2 Å². The molecule has 7 heteroatoms. The largest absolute Gasteiger partial charge is 0.467 e. The number of aromatic nitrogens is 2. The number of nitrogens with zero attached hydrogens (tertiary/aromatic N) is 3. The molecule has 2 aromatic rings. The molecule has 0 unspecified atom stereocenters. The molecular formula is C19H23BrN4O2. The third kappa shape index (κ3) is 5.17. The maximum Gasteiger partial charge on any atom is 0.262 e. The second-order valence-electron chi connectivity index (χ2n) is 6.68. The highest BCUT2D eigenvalue weighted by Crippen LogP contribution is 2.22. The van der Waals surface area contributed by atoms with Crippen molar-refractivity contribution in [1.29, 1.82) is 0 Å². The third-order valence-corrected chi connectivity index (χ3v) is 4.77. The molecule has 0 aliphatic carbocycles. The molecule has 26 heavy (non-hydrogen) atoms. The SMILES string of the molecule is Cc1cc(OCC(=O)Nc2ccc(Br)cc2)nc(N2CCC[C@@H](C)C2)n1. The minimum absolute atomic E-state index is 0.0949. The number of piperidine rings is 1. The average molecular weight is 419 g/mol. The predicted octanol–water partition coefficient (Wildman–Crippen LogP) is 3.80. The number of halogens is 1. The fraction of sp³-hybridized carbons (Fsp3) is 0.421. The van der Waals surface area contributed by atoms with Gasteiger partial charge in [0, 0.05) is 35.0 Å². The molecule has 1 amide bonds. The Morgan fingerprint density at radius 1 is 1.35 bits per heavy atom. The van der Waals surface area contributed by atoms with Crippen LogP contribution in [0.4, 0.5) is 11.6 Å². The Kier molecular flexibility index (Phi) is 6.08. The lowest BCUT2D eigenvalue weighted by molar-refractivity contribution is -0.118. The summed E-state index contributed by atoms with van der Waals surface area (Å²) in [7, 11) is 0. The van der Waals surface area contributed by atoms with E-state index in [9.17, 15) is 4.79 Å². The van der Waals surface area contributed by atoms with Crippen molar-refractivity contribution in [3.63, 3.8) is 0 Å². The minimum atomic E-state index is -0.225. The first kappa shape index (κ1) is 18.6. The number of hydrogen-bond acceptors (Lipinski definition) is 5. The highest BCUT2D eigenvalue weighted by molar-refractivity contribution is 9.10. The van der Waals surface area contributed by atoms with Gasteiger partial charge in [0.25, 0.3) is 5.91 Å². The summed E-state index contributed by atoms with van der Waals surface area (Å²) in [6, 6.07) is 9.15. The van der Waals surface area contributed by atoms with Crippen molar-refractivity contribution in [3.8, 4) is 5.88 Å². The summed E-state index contributed by atoms with van der Waals surface area (Å²) >= 11 is 3.37. The van der Waals surface area contributed by atoms with Crippen LogP contribution >= 0.6 is 15.9 Å². The van der Waals surface area contributed by atoms with Crippen molar-refractivity contribution in [3.05, 3.63) is 40.5 Å². The van der Waals surface area contributed by atoms with Gasteiger partial charge >= 0.3 is 0 Å². The fourth-order valence-electron chi connectivity index (χ4n) is 2.98. The number of carbonyl (C=O) groups is 1. The Morgan fingerprint density at radius 2 is 2.12 bits per heavy atom. The Labute approximate surface area is 162 Å². The molecule has 1 aliphatic heterocycles. The van der Waals surface area contributed by atoms with E-state index in [4.69, 9.17) is 4.74 Å². The van der Waals surface area contributed by atoms with Gasteiger partial charge in [0.1, 0.15) is 0 Å². The second kappa shape index (κ2) is 8.49. The van der Waals surface area contributed by atoms with E-state index < -0.39 is 0 Å². The Bertz CT molecular complexity index is 767. The minimum Gasteiger partial charge on any atom is -0.467 e. The number of amides is 1. The van der Waals surface area contributed by atoms with Crippen molar-refractivity contribution in [1.82, 2.24) is 9.97 Å². The molecule has 2 heterocycles. The second-order valence-corrected chi connectivity index (χ2v) is 7.60. The van der Waals surface area contributed by atoms with Crippen molar-refractivity contribution < 1.29 is 9.53 Å². The van der Waals surface area contributed by atoms with Crippen LogP contribution in [-0.4, -0.2) is 35.6 Å². The van der Waals surface area contributed by atoms with E-state index in [0.29, 0.717) is 17.7 Å². The number of anilines is 2. The highest BCUT2D eigenvalue weighted by Gasteiger charge is 2.19. The molecule has 1 aliphatic rings. The lowest BCUT2D eigenvalue weighted by Gasteiger charge is -2.31. The number of hydrogen-bond donors (Lipinski definition) is 1. The van der Waals surface area contributed by atoms with Gasteiger partial charge in [-0.3, -0.25) is 4.79 Å². The fourth-order valence-corrected chi connectivity index (χ4v) is 3.25. The Hall–Kier alpha value is -2.15. The summed E-state index contributed by atoms with van der Waals surface area (Å²) in [5.74, 6) is 1.52. The average Bonchev–Trinajstić information content (AvgIpc) is 2.61. The number of benzene rings is 1. The number of nitrogens with one attached hydrogen (secondary N) is 1. The summed E-state index contributed by atoms with van der Waals surface area (Å²) in [4.78, 5) is 23.3. The van der Waals surface area contributed by atoms with Gasteiger partial charge in [-0.25, -0.2) is 4.98 Å². The van der Waals surface area contributed by atoms with Crippen LogP contribution in [0.1, 0.15) is 25.5 Å². The van der Waals surface area contributed by atoms with E-state index >= 15 is 0 Å². The molecule has 1 aromatic carbocycles. The van der Waals surface area contributed by atoms with Crippen molar-refractivity contribution in [2.24, 2.45) is 5.92 Å². The van der Waals surface area contributed by atoms with Crippen LogP contribution in [0.2, 0.25) is 0 Å². The van der Waals surface area contributed by atoms with E-state index in [2.05, 4.69) is 43.0 Å².